The first-order valence-corrected chi connectivity index (χ1v) is 13.7. The van der Waals surface area contributed by atoms with E-state index in [1.54, 1.807) is 14.2 Å². The van der Waals surface area contributed by atoms with Crippen LogP contribution in [0.2, 0.25) is 0 Å². The lowest BCUT2D eigenvalue weighted by Gasteiger charge is -2.18. The standard InChI is InChI=1S/C34H40N2O4/c1-23-28(26-12-13-27(22-36-16-18-38)33(20-26)39-3)7-5-8-29(23)30-9-6-10-31(24(30)2)32-14-11-25(19-34(32)40-4)21-35-15-17-37/h5-14,19-20,35-38H,15-18,21-22H2,1-4H3. The Morgan fingerprint density at radius 2 is 1.18 bits per heavy atom. The van der Waals surface area contributed by atoms with E-state index in [-0.39, 0.29) is 13.2 Å². The third-order valence-corrected chi connectivity index (χ3v) is 7.33. The zero-order chi connectivity index (χ0) is 28.5. The van der Waals surface area contributed by atoms with Gasteiger partial charge in [-0.25, -0.2) is 0 Å². The summed E-state index contributed by atoms with van der Waals surface area (Å²) in [6.07, 6.45) is 0. The molecule has 6 nitrogen and oxygen atoms in total. The highest BCUT2D eigenvalue weighted by atomic mass is 16.5. The van der Waals surface area contributed by atoms with Gasteiger partial charge in [-0.05, 0) is 70.5 Å². The van der Waals surface area contributed by atoms with Crippen LogP contribution in [0.4, 0.5) is 0 Å². The summed E-state index contributed by atoms with van der Waals surface area (Å²) in [5.74, 6) is 1.66. The second-order valence-corrected chi connectivity index (χ2v) is 9.82. The Kier molecular flexibility index (Phi) is 10.3. The predicted octanol–water partition coefficient (Wildman–Crippen LogP) is 5.49. The molecule has 0 spiro atoms. The monoisotopic (exact) mass is 540 g/mol. The minimum atomic E-state index is 0.105. The van der Waals surface area contributed by atoms with Gasteiger partial charge in [0.25, 0.3) is 0 Å². The van der Waals surface area contributed by atoms with E-state index in [2.05, 4.69) is 97.3 Å². The predicted molar refractivity (Wildman–Crippen MR) is 163 cm³/mol. The first-order chi connectivity index (χ1) is 19.5. The molecule has 210 valence electrons. The van der Waals surface area contributed by atoms with Gasteiger partial charge in [0.1, 0.15) is 11.5 Å². The van der Waals surface area contributed by atoms with Crippen LogP contribution in [0.1, 0.15) is 22.3 Å². The fraction of sp³-hybridized carbons (Fsp3) is 0.294. The molecule has 0 aliphatic rings. The molecule has 0 bridgehead atoms. The van der Waals surface area contributed by atoms with Crippen LogP contribution in [0.3, 0.4) is 0 Å². The maximum absolute atomic E-state index is 9.08. The summed E-state index contributed by atoms with van der Waals surface area (Å²) in [5, 5.41) is 24.6. The molecule has 0 amide bonds. The third-order valence-electron chi connectivity index (χ3n) is 7.33. The Balaban J connectivity index is 1.70. The maximum Gasteiger partial charge on any atom is 0.127 e. The fourth-order valence-electron chi connectivity index (χ4n) is 5.20. The Bertz CT molecular complexity index is 1430. The van der Waals surface area contributed by atoms with E-state index in [9.17, 15) is 0 Å². The van der Waals surface area contributed by atoms with E-state index in [0.29, 0.717) is 26.2 Å². The minimum Gasteiger partial charge on any atom is -0.496 e. The molecule has 0 aliphatic heterocycles. The van der Waals surface area contributed by atoms with Crippen LogP contribution in [0.15, 0.2) is 72.8 Å². The van der Waals surface area contributed by atoms with Gasteiger partial charge in [-0.1, -0.05) is 60.7 Å². The number of nitrogens with one attached hydrogen (secondary N) is 2. The van der Waals surface area contributed by atoms with Gasteiger partial charge in [0.15, 0.2) is 0 Å². The zero-order valence-electron chi connectivity index (χ0n) is 23.9. The lowest BCUT2D eigenvalue weighted by molar-refractivity contribution is 0.291. The Labute approximate surface area is 237 Å². The number of benzene rings is 4. The van der Waals surface area contributed by atoms with Crippen molar-refractivity contribution in [2.24, 2.45) is 0 Å². The summed E-state index contributed by atoms with van der Waals surface area (Å²) in [6.45, 7) is 6.98. The molecular formula is C34H40N2O4. The van der Waals surface area contributed by atoms with Gasteiger partial charge in [-0.15, -0.1) is 0 Å². The summed E-state index contributed by atoms with van der Waals surface area (Å²) >= 11 is 0. The van der Waals surface area contributed by atoms with E-state index in [1.165, 1.54) is 22.3 Å². The van der Waals surface area contributed by atoms with Gasteiger partial charge >= 0.3 is 0 Å². The number of rotatable bonds is 13. The molecule has 0 fully saturated rings. The molecule has 0 saturated heterocycles. The van der Waals surface area contributed by atoms with Crippen molar-refractivity contribution in [1.82, 2.24) is 10.6 Å². The van der Waals surface area contributed by atoms with E-state index >= 15 is 0 Å². The topological polar surface area (TPSA) is 83.0 Å². The van der Waals surface area contributed by atoms with Crippen molar-refractivity contribution in [3.63, 3.8) is 0 Å². The zero-order valence-corrected chi connectivity index (χ0v) is 23.9. The molecule has 4 aromatic rings. The van der Waals surface area contributed by atoms with Gasteiger partial charge in [0.2, 0.25) is 0 Å². The van der Waals surface area contributed by atoms with Crippen molar-refractivity contribution in [3.8, 4) is 44.9 Å². The minimum absolute atomic E-state index is 0.105. The lowest BCUT2D eigenvalue weighted by atomic mass is 9.87. The second kappa shape index (κ2) is 14.1. The number of ether oxygens (including phenoxy) is 2. The molecule has 0 heterocycles. The summed E-state index contributed by atoms with van der Waals surface area (Å²) < 4.78 is 11.5. The van der Waals surface area contributed by atoms with Gasteiger partial charge in [0.05, 0.1) is 27.4 Å². The SMILES string of the molecule is COc1cc(-c2cccc(-c3cccc(-c4ccc(CNCCO)cc4OC)c3C)c2C)ccc1CNCCO. The van der Waals surface area contributed by atoms with Crippen LogP contribution >= 0.6 is 0 Å². The highest BCUT2D eigenvalue weighted by Crippen LogP contribution is 2.40. The smallest absolute Gasteiger partial charge is 0.127 e. The number of hydrogen-bond donors (Lipinski definition) is 4. The average Bonchev–Trinajstić information content (AvgIpc) is 2.98. The van der Waals surface area contributed by atoms with Crippen LogP contribution < -0.4 is 20.1 Å². The Morgan fingerprint density at radius 3 is 1.80 bits per heavy atom. The second-order valence-electron chi connectivity index (χ2n) is 9.82. The van der Waals surface area contributed by atoms with Crippen molar-refractivity contribution in [2.45, 2.75) is 26.9 Å². The quantitative estimate of drug-likeness (QED) is 0.168. The number of methoxy groups -OCH3 is 2. The van der Waals surface area contributed by atoms with E-state index in [0.717, 1.165) is 44.9 Å². The van der Waals surface area contributed by atoms with Gasteiger partial charge in [-0.2, -0.15) is 0 Å². The first kappa shape index (κ1) is 29.3. The molecule has 4 aromatic carbocycles. The normalized spacial score (nSPS) is 11.1. The number of aliphatic hydroxyl groups excluding tert-OH is 2. The van der Waals surface area contributed by atoms with Crippen molar-refractivity contribution in [3.05, 3.63) is 95.1 Å². The molecule has 0 aliphatic carbocycles. The molecule has 6 heteroatoms. The highest BCUT2D eigenvalue weighted by Gasteiger charge is 2.16. The van der Waals surface area contributed by atoms with Crippen molar-refractivity contribution in [2.75, 3.05) is 40.5 Å². The number of aliphatic hydroxyl groups is 2. The fourth-order valence-corrected chi connectivity index (χ4v) is 5.20. The largest absolute Gasteiger partial charge is 0.496 e. The van der Waals surface area contributed by atoms with Gasteiger partial charge in [-0.3, -0.25) is 0 Å². The summed E-state index contributed by atoms with van der Waals surface area (Å²) in [6, 6.07) is 25.5. The van der Waals surface area contributed by atoms with Crippen molar-refractivity contribution in [1.29, 1.82) is 0 Å². The van der Waals surface area contributed by atoms with Crippen LogP contribution in [0.5, 0.6) is 11.5 Å². The molecule has 4 N–H and O–H groups in total. The molecule has 0 aromatic heterocycles. The number of hydrogen-bond acceptors (Lipinski definition) is 6. The molecule has 4 rings (SSSR count). The van der Waals surface area contributed by atoms with Gasteiger partial charge in [0, 0.05) is 37.3 Å². The molecular weight excluding hydrogens is 500 g/mol. The Hall–Kier alpha value is -3.68. The molecule has 0 unspecified atom stereocenters. The molecule has 0 saturated carbocycles. The van der Waals surface area contributed by atoms with E-state index in [4.69, 9.17) is 19.7 Å². The maximum atomic E-state index is 9.08. The summed E-state index contributed by atoms with van der Waals surface area (Å²) in [5.41, 5.74) is 11.4. The van der Waals surface area contributed by atoms with E-state index < -0.39 is 0 Å². The molecule has 0 radical (unpaired) electrons. The average molecular weight is 541 g/mol. The Morgan fingerprint density at radius 1 is 0.600 bits per heavy atom. The molecule has 40 heavy (non-hydrogen) atoms. The first-order valence-electron chi connectivity index (χ1n) is 13.7. The molecule has 0 atom stereocenters. The van der Waals surface area contributed by atoms with Crippen molar-refractivity contribution >= 4 is 0 Å². The van der Waals surface area contributed by atoms with Gasteiger partial charge < -0.3 is 30.3 Å². The highest BCUT2D eigenvalue weighted by molar-refractivity contribution is 5.85. The third kappa shape index (κ3) is 6.54. The summed E-state index contributed by atoms with van der Waals surface area (Å²) in [4.78, 5) is 0. The lowest BCUT2D eigenvalue weighted by Crippen LogP contribution is -2.17. The van der Waals surface area contributed by atoms with Crippen LogP contribution in [0.25, 0.3) is 33.4 Å². The van der Waals surface area contributed by atoms with Crippen LogP contribution in [-0.2, 0) is 13.1 Å². The van der Waals surface area contributed by atoms with Crippen LogP contribution in [-0.4, -0.2) is 50.7 Å². The summed E-state index contributed by atoms with van der Waals surface area (Å²) in [7, 11) is 3.40. The van der Waals surface area contributed by atoms with Crippen LogP contribution in [0, 0.1) is 13.8 Å². The van der Waals surface area contributed by atoms with Crippen molar-refractivity contribution < 1.29 is 19.7 Å². The van der Waals surface area contributed by atoms with E-state index in [1.807, 2.05) is 0 Å².